The molecule has 0 aliphatic carbocycles. The van der Waals surface area contributed by atoms with Crippen molar-refractivity contribution in [2.75, 3.05) is 40.1 Å². The molecular weight excluding hydrogens is 484 g/mol. The highest BCUT2D eigenvalue weighted by atomic mass is 16.7. The first-order valence-corrected chi connectivity index (χ1v) is 12.2. The van der Waals surface area contributed by atoms with E-state index in [1.165, 1.54) is 7.11 Å². The van der Waals surface area contributed by atoms with E-state index in [0.29, 0.717) is 24.0 Å². The van der Waals surface area contributed by atoms with Crippen molar-refractivity contribution in [1.29, 1.82) is 0 Å². The molecule has 2 N–H and O–H groups in total. The van der Waals surface area contributed by atoms with Crippen molar-refractivity contribution in [2.45, 2.75) is 43.5 Å². The fourth-order valence-electron chi connectivity index (χ4n) is 3.84. The molecule has 1 saturated heterocycles. The van der Waals surface area contributed by atoms with E-state index in [-0.39, 0.29) is 33.0 Å². The fourth-order valence-corrected chi connectivity index (χ4v) is 3.84. The topological polar surface area (TPSA) is 130 Å². The van der Waals surface area contributed by atoms with Gasteiger partial charge in [0.2, 0.25) is 0 Å². The van der Waals surface area contributed by atoms with Crippen LogP contribution in [0.15, 0.2) is 60.7 Å². The first kappa shape index (κ1) is 28.7. The van der Waals surface area contributed by atoms with Crippen LogP contribution in [-0.2, 0) is 28.4 Å². The molecular formula is C27H34O10. The Balaban J connectivity index is 1.90. The van der Waals surface area contributed by atoms with Gasteiger partial charge >= 0.3 is 11.9 Å². The van der Waals surface area contributed by atoms with E-state index >= 15 is 0 Å². The molecule has 0 radical (unpaired) electrons. The first-order chi connectivity index (χ1) is 18.1. The van der Waals surface area contributed by atoms with Gasteiger partial charge in [-0.25, -0.2) is 9.59 Å². The van der Waals surface area contributed by atoms with E-state index in [0.717, 1.165) is 0 Å². The van der Waals surface area contributed by atoms with Gasteiger partial charge in [-0.3, -0.25) is 0 Å². The van der Waals surface area contributed by atoms with Crippen LogP contribution in [0.4, 0.5) is 0 Å². The van der Waals surface area contributed by atoms with Gasteiger partial charge in [0, 0.05) is 33.5 Å². The minimum absolute atomic E-state index is 0.00576. The number of hydrogen-bond donors (Lipinski definition) is 2. The highest BCUT2D eigenvalue weighted by Crippen LogP contribution is 2.30. The summed E-state index contributed by atoms with van der Waals surface area (Å²) in [5.41, 5.74) is 0.641. The van der Waals surface area contributed by atoms with Gasteiger partial charge in [0.05, 0.1) is 17.7 Å². The number of esters is 2. The molecule has 1 aliphatic heterocycles. The predicted octanol–water partition coefficient (Wildman–Crippen LogP) is 1.98. The van der Waals surface area contributed by atoms with Crippen LogP contribution in [0.3, 0.4) is 0 Å². The quantitative estimate of drug-likeness (QED) is 0.283. The summed E-state index contributed by atoms with van der Waals surface area (Å²) in [5.74, 6) is -1.24. The zero-order valence-electron chi connectivity index (χ0n) is 20.8. The summed E-state index contributed by atoms with van der Waals surface area (Å²) in [5, 5.41) is 18.4. The summed E-state index contributed by atoms with van der Waals surface area (Å²) in [6, 6.07) is 16.9. The van der Waals surface area contributed by atoms with Crippen molar-refractivity contribution in [3.05, 3.63) is 71.8 Å². The van der Waals surface area contributed by atoms with Gasteiger partial charge in [-0.05, 0) is 37.1 Å². The van der Waals surface area contributed by atoms with Gasteiger partial charge < -0.3 is 38.6 Å². The van der Waals surface area contributed by atoms with Gasteiger partial charge in [0.15, 0.2) is 18.5 Å². The Hall–Kier alpha value is -2.86. The summed E-state index contributed by atoms with van der Waals surface area (Å²) >= 11 is 0. The van der Waals surface area contributed by atoms with Crippen molar-refractivity contribution in [3.63, 3.8) is 0 Å². The number of aliphatic hydroxyl groups is 2. The van der Waals surface area contributed by atoms with Crippen LogP contribution >= 0.6 is 0 Å². The Labute approximate surface area is 216 Å². The number of hydrogen-bond acceptors (Lipinski definition) is 10. The lowest BCUT2D eigenvalue weighted by Crippen LogP contribution is -2.62. The molecule has 1 fully saturated rings. The summed E-state index contributed by atoms with van der Waals surface area (Å²) in [7, 11) is 1.40. The average Bonchev–Trinajstić information content (AvgIpc) is 2.94. The van der Waals surface area contributed by atoms with E-state index < -0.39 is 42.6 Å². The zero-order chi connectivity index (χ0) is 26.5. The third-order valence-corrected chi connectivity index (χ3v) is 5.67. The van der Waals surface area contributed by atoms with Crippen LogP contribution in [0.5, 0.6) is 0 Å². The van der Waals surface area contributed by atoms with Gasteiger partial charge in [-0.2, -0.15) is 0 Å². The lowest BCUT2D eigenvalue weighted by molar-refractivity contribution is -0.301. The molecule has 2 aromatic carbocycles. The number of carbonyl (C=O) groups is 2. The molecule has 1 aliphatic rings. The van der Waals surface area contributed by atoms with Crippen LogP contribution in [0.25, 0.3) is 0 Å². The second-order valence-corrected chi connectivity index (χ2v) is 8.32. The molecule has 2 aromatic rings. The number of ether oxygens (including phenoxy) is 6. The van der Waals surface area contributed by atoms with Gasteiger partial charge in [-0.15, -0.1) is 0 Å². The van der Waals surface area contributed by atoms with E-state index in [4.69, 9.17) is 33.5 Å². The Morgan fingerprint density at radius 3 is 1.86 bits per heavy atom. The summed E-state index contributed by atoms with van der Waals surface area (Å²) in [4.78, 5) is 26.0. The summed E-state index contributed by atoms with van der Waals surface area (Å²) < 4.78 is 34.9. The van der Waals surface area contributed by atoms with E-state index in [9.17, 15) is 14.7 Å². The number of carbonyl (C=O) groups excluding carboxylic acids is 2. The van der Waals surface area contributed by atoms with Crippen LogP contribution in [0, 0.1) is 0 Å². The second kappa shape index (κ2) is 15.4. The number of rotatable bonds is 14. The minimum Gasteiger partial charge on any atom is -0.453 e. The Kier molecular flexibility index (Phi) is 12.0. The maximum atomic E-state index is 13.0. The highest BCUT2D eigenvalue weighted by molar-refractivity contribution is 5.90. The molecule has 0 bridgehead atoms. The van der Waals surface area contributed by atoms with Crippen molar-refractivity contribution in [1.82, 2.24) is 0 Å². The SMILES string of the molecule is CO[C@H]1O[C@H](COCCCO)[C@@H](OC(=O)c2ccccc2)[C@H](OCCCO)[C@@H]1OC(=O)c1ccccc1. The number of methoxy groups -OCH3 is 1. The molecule has 202 valence electrons. The predicted molar refractivity (Wildman–Crippen MR) is 131 cm³/mol. The summed E-state index contributed by atoms with van der Waals surface area (Å²) in [6.07, 6.45) is -4.28. The standard InChI is InChI=1S/C27H34O10/c1-32-27-24(37-26(31)20-12-6-3-7-13-20)23(34-17-9-15-29)22(21(35-27)18-33-16-8-14-28)36-25(30)19-10-4-2-5-11-19/h2-7,10-13,21-24,27-29H,8-9,14-18H2,1H3/t21-,22-,23+,24+,27+/m1/s1. The molecule has 37 heavy (non-hydrogen) atoms. The Morgan fingerprint density at radius 2 is 1.32 bits per heavy atom. The lowest BCUT2D eigenvalue weighted by Gasteiger charge is -2.44. The molecule has 0 aromatic heterocycles. The third-order valence-electron chi connectivity index (χ3n) is 5.67. The van der Waals surface area contributed by atoms with Crippen molar-refractivity contribution in [3.8, 4) is 0 Å². The molecule has 0 unspecified atom stereocenters. The molecule has 5 atom stereocenters. The van der Waals surface area contributed by atoms with Crippen LogP contribution < -0.4 is 0 Å². The highest BCUT2D eigenvalue weighted by Gasteiger charge is 2.51. The number of aliphatic hydroxyl groups excluding tert-OH is 2. The monoisotopic (exact) mass is 518 g/mol. The van der Waals surface area contributed by atoms with Gasteiger partial charge in [0.1, 0.15) is 12.2 Å². The van der Waals surface area contributed by atoms with Crippen LogP contribution in [-0.4, -0.2) is 93.0 Å². The lowest BCUT2D eigenvalue weighted by atomic mass is 9.97. The molecule has 10 nitrogen and oxygen atoms in total. The van der Waals surface area contributed by atoms with Crippen LogP contribution in [0.2, 0.25) is 0 Å². The second-order valence-electron chi connectivity index (χ2n) is 8.32. The zero-order valence-corrected chi connectivity index (χ0v) is 20.8. The Bertz CT molecular complexity index is 939. The maximum absolute atomic E-state index is 13.0. The normalized spacial score (nSPS) is 23.4. The van der Waals surface area contributed by atoms with Crippen molar-refractivity contribution < 1.29 is 48.2 Å². The molecule has 0 spiro atoms. The van der Waals surface area contributed by atoms with E-state index in [2.05, 4.69) is 0 Å². The molecule has 3 rings (SSSR count). The van der Waals surface area contributed by atoms with Crippen molar-refractivity contribution >= 4 is 11.9 Å². The largest absolute Gasteiger partial charge is 0.453 e. The first-order valence-electron chi connectivity index (χ1n) is 12.2. The molecule has 0 saturated carbocycles. The Morgan fingerprint density at radius 1 is 0.784 bits per heavy atom. The number of benzene rings is 2. The minimum atomic E-state index is -1.10. The maximum Gasteiger partial charge on any atom is 0.338 e. The van der Waals surface area contributed by atoms with E-state index in [1.807, 2.05) is 0 Å². The van der Waals surface area contributed by atoms with Gasteiger partial charge in [0.25, 0.3) is 0 Å². The molecule has 10 heteroatoms. The van der Waals surface area contributed by atoms with Crippen LogP contribution in [0.1, 0.15) is 33.6 Å². The van der Waals surface area contributed by atoms with Crippen molar-refractivity contribution in [2.24, 2.45) is 0 Å². The van der Waals surface area contributed by atoms with Gasteiger partial charge in [-0.1, -0.05) is 36.4 Å². The summed E-state index contributed by atoms with van der Waals surface area (Å²) in [6.45, 7) is 0.215. The fraction of sp³-hybridized carbons (Fsp3) is 0.481. The molecule has 1 heterocycles. The average molecular weight is 519 g/mol. The smallest absolute Gasteiger partial charge is 0.338 e. The third kappa shape index (κ3) is 8.32. The molecule has 0 amide bonds. The van der Waals surface area contributed by atoms with E-state index in [1.54, 1.807) is 60.7 Å².